The summed E-state index contributed by atoms with van der Waals surface area (Å²) in [4.78, 5) is 0. The van der Waals surface area contributed by atoms with Gasteiger partial charge in [0.05, 0.1) is 55.4 Å². The van der Waals surface area contributed by atoms with Gasteiger partial charge in [-0.3, -0.25) is 0 Å². The molecule has 0 saturated heterocycles. The molecule has 0 spiro atoms. The Hall–Kier alpha value is 0.880. The molecule has 0 N–H and O–H groups in total. The van der Waals surface area contributed by atoms with E-state index in [1.807, 2.05) is 0 Å². The number of quaternary nitrogens is 2. The second-order valence-corrected chi connectivity index (χ2v) is 7.50. The summed E-state index contributed by atoms with van der Waals surface area (Å²) in [5.74, 6) is 0. The van der Waals surface area contributed by atoms with Crippen LogP contribution in [0.5, 0.6) is 0 Å². The summed E-state index contributed by atoms with van der Waals surface area (Å²) >= 11 is 0. The van der Waals surface area contributed by atoms with Crippen LogP contribution in [-0.4, -0.2) is 64.3 Å². The Bertz CT molecular complexity index is 164. The molecule has 0 bridgehead atoms. The van der Waals surface area contributed by atoms with Crippen molar-refractivity contribution >= 4 is 0 Å². The van der Waals surface area contributed by atoms with E-state index in [0.29, 0.717) is 0 Å². The average Bonchev–Trinajstić information content (AvgIpc) is 2.11. The van der Waals surface area contributed by atoms with E-state index in [1.165, 1.54) is 58.0 Å². The van der Waals surface area contributed by atoms with E-state index in [4.69, 9.17) is 0 Å². The molecule has 0 atom stereocenters. The maximum Gasteiger partial charge on any atom is 0.0780 e. The maximum absolute atomic E-state index is 2.28. The van der Waals surface area contributed by atoms with E-state index in [2.05, 4.69) is 42.3 Å². The molecule has 2 nitrogen and oxygen atoms in total. The largest absolute Gasteiger partial charge is 1.00 e. The smallest absolute Gasteiger partial charge is 0.0780 e. The van der Waals surface area contributed by atoms with Crippen LogP contribution in [0, 0.1) is 0 Å². The van der Waals surface area contributed by atoms with E-state index in [-0.39, 0.29) is 34.0 Å². The van der Waals surface area contributed by atoms with Crippen LogP contribution in [0.4, 0.5) is 0 Å². The first-order chi connectivity index (χ1) is 7.71. The predicted octanol–water partition coefficient (Wildman–Crippen LogP) is -2.86. The highest BCUT2D eigenvalue weighted by Gasteiger charge is 2.06. The summed E-state index contributed by atoms with van der Waals surface area (Å²) < 4.78 is 2.23. The molecule has 0 aliphatic carbocycles. The van der Waals surface area contributed by atoms with Crippen molar-refractivity contribution in [3.05, 3.63) is 0 Å². The molecule has 0 rings (SSSR count). The Morgan fingerprint density at radius 2 is 0.632 bits per heavy atom. The van der Waals surface area contributed by atoms with E-state index >= 15 is 0 Å². The van der Waals surface area contributed by atoms with Crippen molar-refractivity contribution in [1.82, 2.24) is 0 Å². The van der Waals surface area contributed by atoms with Crippen LogP contribution >= 0.6 is 0 Å². The fourth-order valence-corrected chi connectivity index (χ4v) is 2.06. The van der Waals surface area contributed by atoms with E-state index in [0.717, 1.165) is 8.97 Å². The van der Waals surface area contributed by atoms with Gasteiger partial charge in [-0.25, -0.2) is 0 Å². The third-order valence-corrected chi connectivity index (χ3v) is 3.16. The molecular formula is C15H36Br2N2. The second-order valence-electron chi connectivity index (χ2n) is 7.50. The quantitative estimate of drug-likeness (QED) is 0.272. The van der Waals surface area contributed by atoms with Crippen molar-refractivity contribution in [3.8, 4) is 0 Å². The van der Waals surface area contributed by atoms with Gasteiger partial charge in [0, 0.05) is 0 Å². The summed E-state index contributed by atoms with van der Waals surface area (Å²) in [6, 6.07) is 0. The zero-order valence-electron chi connectivity index (χ0n) is 14.0. The summed E-state index contributed by atoms with van der Waals surface area (Å²) in [7, 11) is 13.7. The molecule has 0 aromatic carbocycles. The number of halogens is 2. The Balaban J connectivity index is -0.00000128. The van der Waals surface area contributed by atoms with Gasteiger partial charge in [0.2, 0.25) is 0 Å². The Labute approximate surface area is 143 Å². The SMILES string of the molecule is C[N+](C)(C)CCCCCCCCC[N+](C)(C)C.[Br-].[Br-]. The third kappa shape index (κ3) is 24.3. The molecule has 19 heavy (non-hydrogen) atoms. The van der Waals surface area contributed by atoms with Gasteiger partial charge in [0.25, 0.3) is 0 Å². The molecule has 0 aromatic heterocycles. The van der Waals surface area contributed by atoms with Crippen LogP contribution in [0.25, 0.3) is 0 Å². The summed E-state index contributed by atoms with van der Waals surface area (Å²) in [6.45, 7) is 2.64. The van der Waals surface area contributed by atoms with Crippen molar-refractivity contribution in [1.29, 1.82) is 0 Å². The van der Waals surface area contributed by atoms with Crippen molar-refractivity contribution in [3.63, 3.8) is 0 Å². The van der Waals surface area contributed by atoms with Gasteiger partial charge in [-0.15, -0.1) is 0 Å². The van der Waals surface area contributed by atoms with Crippen molar-refractivity contribution < 1.29 is 42.9 Å². The van der Waals surface area contributed by atoms with Crippen LogP contribution in [-0.2, 0) is 0 Å². The van der Waals surface area contributed by atoms with E-state index in [1.54, 1.807) is 0 Å². The summed E-state index contributed by atoms with van der Waals surface area (Å²) in [6.07, 6.45) is 9.93. The highest BCUT2D eigenvalue weighted by atomic mass is 79.9. The Morgan fingerprint density at radius 1 is 0.421 bits per heavy atom. The number of hydrogen-bond acceptors (Lipinski definition) is 0. The Morgan fingerprint density at radius 3 is 0.842 bits per heavy atom. The monoisotopic (exact) mass is 402 g/mol. The zero-order valence-corrected chi connectivity index (χ0v) is 17.2. The first-order valence-corrected chi connectivity index (χ1v) is 7.32. The van der Waals surface area contributed by atoms with Crippen LogP contribution in [0.3, 0.4) is 0 Å². The van der Waals surface area contributed by atoms with Crippen molar-refractivity contribution in [2.24, 2.45) is 0 Å². The number of nitrogens with zero attached hydrogens (tertiary/aromatic N) is 2. The lowest BCUT2D eigenvalue weighted by atomic mass is 10.1. The molecule has 0 unspecified atom stereocenters. The predicted molar refractivity (Wildman–Crippen MR) is 78.1 cm³/mol. The van der Waals surface area contributed by atoms with Gasteiger partial charge >= 0.3 is 0 Å². The van der Waals surface area contributed by atoms with Crippen molar-refractivity contribution in [2.75, 3.05) is 55.4 Å². The highest BCUT2D eigenvalue weighted by Crippen LogP contribution is 2.09. The minimum Gasteiger partial charge on any atom is -1.00 e. The zero-order chi connectivity index (χ0) is 13.4. The molecule has 0 amide bonds. The van der Waals surface area contributed by atoms with E-state index in [9.17, 15) is 0 Å². The topological polar surface area (TPSA) is 0 Å². The lowest BCUT2D eigenvalue weighted by molar-refractivity contribution is -0.870. The van der Waals surface area contributed by atoms with Crippen LogP contribution in [0.1, 0.15) is 44.9 Å². The maximum atomic E-state index is 2.28. The molecule has 0 aromatic rings. The Kier molecular flexibility index (Phi) is 16.5. The number of rotatable bonds is 10. The molecule has 4 heteroatoms. The summed E-state index contributed by atoms with van der Waals surface area (Å²) in [5, 5.41) is 0. The standard InChI is InChI=1S/C15H36N2.2BrH/c1-16(2,3)14-12-10-8-7-9-11-13-15-17(4,5)6;;/h7-15H2,1-6H3;2*1H/q+2;;/p-2. The first kappa shape index (κ1) is 24.9. The summed E-state index contributed by atoms with van der Waals surface area (Å²) in [5.41, 5.74) is 0. The minimum atomic E-state index is 0. The van der Waals surface area contributed by atoms with Gasteiger partial charge in [0.15, 0.2) is 0 Å². The first-order valence-electron chi connectivity index (χ1n) is 7.32. The molecule has 0 radical (unpaired) electrons. The van der Waals surface area contributed by atoms with Crippen LogP contribution in [0.15, 0.2) is 0 Å². The second kappa shape index (κ2) is 12.6. The van der Waals surface area contributed by atoms with Crippen LogP contribution < -0.4 is 34.0 Å². The minimum absolute atomic E-state index is 0. The number of unbranched alkanes of at least 4 members (excludes halogenated alkanes) is 6. The highest BCUT2D eigenvalue weighted by molar-refractivity contribution is 4.46. The lowest BCUT2D eigenvalue weighted by Gasteiger charge is -2.24. The molecule has 0 heterocycles. The van der Waals surface area contributed by atoms with Crippen molar-refractivity contribution in [2.45, 2.75) is 44.9 Å². The third-order valence-electron chi connectivity index (χ3n) is 3.16. The molecule has 120 valence electrons. The van der Waals surface area contributed by atoms with Crippen LogP contribution in [0.2, 0.25) is 0 Å². The number of hydrogen-bond donors (Lipinski definition) is 0. The van der Waals surface area contributed by atoms with Gasteiger partial charge in [-0.1, -0.05) is 19.3 Å². The molecule has 0 saturated carbocycles. The molecular weight excluding hydrogens is 368 g/mol. The van der Waals surface area contributed by atoms with Gasteiger partial charge in [-0.05, 0) is 25.7 Å². The van der Waals surface area contributed by atoms with E-state index < -0.39 is 0 Å². The van der Waals surface area contributed by atoms with Gasteiger partial charge in [0.1, 0.15) is 0 Å². The normalized spacial score (nSPS) is 11.7. The molecule has 0 fully saturated rings. The fourth-order valence-electron chi connectivity index (χ4n) is 2.06. The lowest BCUT2D eigenvalue weighted by Crippen LogP contribution is -3.00. The fraction of sp³-hybridized carbons (Fsp3) is 1.00. The average molecular weight is 404 g/mol. The molecule has 0 aliphatic heterocycles. The van der Waals surface area contributed by atoms with Gasteiger partial charge in [-0.2, -0.15) is 0 Å². The van der Waals surface area contributed by atoms with Gasteiger partial charge < -0.3 is 42.9 Å². The molecule has 0 aliphatic rings.